The molecule has 0 unspecified atom stereocenters. The third-order valence-electron chi connectivity index (χ3n) is 7.23. The zero-order valence-electron chi connectivity index (χ0n) is 22.0. The number of oxazole rings is 1. The lowest BCUT2D eigenvalue weighted by atomic mass is 9.99. The first-order valence-electron chi connectivity index (χ1n) is 13.1. The number of nitrogens with zero attached hydrogens (tertiary/aromatic N) is 3. The molecule has 210 valence electrons. The molecule has 0 spiro atoms. The number of nitrogens with one attached hydrogen (secondary N) is 1. The summed E-state index contributed by atoms with van der Waals surface area (Å²) in [5.41, 5.74) is 3.34. The second-order valence-electron chi connectivity index (χ2n) is 9.90. The fraction of sp³-hybridized carbons (Fsp3) is 0.161. The molecule has 11 heteroatoms. The zero-order chi connectivity index (χ0) is 29.4. The number of fused-ring (bicyclic) bond motifs is 2. The van der Waals surface area contributed by atoms with Crippen LogP contribution in [0.5, 0.6) is 0 Å². The number of benzene rings is 3. The average molecular weight is 567 g/mol. The molecular formula is C31H23FN4O6. The minimum absolute atomic E-state index is 0.154. The number of Topliss-reactive ketones (excluding diaryl/α,β-unsaturated/α-hetero) is 1. The predicted molar refractivity (Wildman–Crippen MR) is 150 cm³/mol. The maximum absolute atomic E-state index is 14.4. The lowest BCUT2D eigenvalue weighted by molar-refractivity contribution is -0.130. The molecule has 10 nitrogen and oxygen atoms in total. The summed E-state index contributed by atoms with van der Waals surface area (Å²) in [5, 5.41) is 12.3. The van der Waals surface area contributed by atoms with E-state index in [4.69, 9.17) is 9.52 Å². The number of hydrogen-bond donors (Lipinski definition) is 2. The van der Waals surface area contributed by atoms with Gasteiger partial charge in [-0.15, -0.1) is 0 Å². The summed E-state index contributed by atoms with van der Waals surface area (Å²) in [5.74, 6) is -3.00. The van der Waals surface area contributed by atoms with Crippen molar-refractivity contribution in [2.24, 2.45) is 0 Å². The van der Waals surface area contributed by atoms with E-state index in [1.54, 1.807) is 48.5 Å². The number of hydrogen-bond acceptors (Lipinski definition) is 7. The highest BCUT2D eigenvalue weighted by Crippen LogP contribution is 2.27. The van der Waals surface area contributed by atoms with E-state index in [9.17, 15) is 23.6 Å². The number of halogens is 1. The van der Waals surface area contributed by atoms with Crippen molar-refractivity contribution in [2.75, 3.05) is 13.1 Å². The molecule has 0 aliphatic carbocycles. The van der Waals surface area contributed by atoms with Crippen molar-refractivity contribution in [3.8, 4) is 11.1 Å². The van der Waals surface area contributed by atoms with Crippen LogP contribution in [0.2, 0.25) is 0 Å². The number of carbonyl (C=O) groups is 4. The Morgan fingerprint density at radius 2 is 1.74 bits per heavy atom. The second kappa shape index (κ2) is 10.8. The fourth-order valence-electron chi connectivity index (χ4n) is 5.11. The lowest BCUT2D eigenvalue weighted by Gasteiger charge is -2.22. The predicted octanol–water partition coefficient (Wildman–Crippen LogP) is 4.29. The van der Waals surface area contributed by atoms with Gasteiger partial charge in [-0.05, 0) is 53.6 Å². The normalized spacial score (nSPS) is 16.5. The molecule has 42 heavy (non-hydrogen) atoms. The SMILES string of the molecule is O=C(O)c1ccc(-c2ccc3nccc(C(=O)NCC(=O)N4C[C@@H](F)C[C@H]4C(=O)c4nc5ccccc5o4)c3c2)cc1. The summed E-state index contributed by atoms with van der Waals surface area (Å²) in [6.07, 6.45) is -0.124. The Balaban J connectivity index is 1.18. The number of aromatic nitrogens is 2. The first-order valence-corrected chi connectivity index (χ1v) is 13.1. The average Bonchev–Trinajstić information content (AvgIpc) is 3.62. The molecule has 3 aromatic carbocycles. The van der Waals surface area contributed by atoms with Gasteiger partial charge in [-0.3, -0.25) is 19.4 Å². The molecule has 1 aliphatic rings. The first kappa shape index (κ1) is 26.8. The molecule has 5 aromatic rings. The summed E-state index contributed by atoms with van der Waals surface area (Å²) >= 11 is 0. The van der Waals surface area contributed by atoms with Crippen molar-refractivity contribution in [3.63, 3.8) is 0 Å². The van der Waals surface area contributed by atoms with Crippen molar-refractivity contribution >= 4 is 45.6 Å². The molecule has 2 amide bonds. The van der Waals surface area contributed by atoms with Gasteiger partial charge in [0.05, 0.1) is 29.7 Å². The zero-order valence-corrected chi connectivity index (χ0v) is 22.0. The van der Waals surface area contributed by atoms with Gasteiger partial charge in [-0.2, -0.15) is 0 Å². The molecule has 1 fully saturated rings. The highest BCUT2D eigenvalue weighted by Gasteiger charge is 2.41. The van der Waals surface area contributed by atoms with Gasteiger partial charge in [-0.25, -0.2) is 14.2 Å². The third-order valence-corrected chi connectivity index (χ3v) is 7.23. The molecule has 2 aromatic heterocycles. The molecule has 6 rings (SSSR count). The van der Waals surface area contributed by atoms with E-state index in [1.165, 1.54) is 24.4 Å². The van der Waals surface area contributed by atoms with Gasteiger partial charge in [0.15, 0.2) is 5.58 Å². The van der Waals surface area contributed by atoms with E-state index in [0.717, 1.165) is 16.0 Å². The highest BCUT2D eigenvalue weighted by molar-refractivity contribution is 6.08. The Hall–Kier alpha value is -5.45. The standard InChI is InChI=1S/C31H23FN4O6/c32-20-14-25(28(38)30-35-24-3-1-2-4-26(24)42-30)36(16-20)27(37)15-34-29(39)21-11-12-33-23-10-9-19(13-22(21)23)17-5-7-18(8-6-17)31(40)41/h1-13,20,25H,14-16H2,(H,34,39)(H,40,41)/t20-,25-/m0/s1. The van der Waals surface area contributed by atoms with E-state index in [-0.39, 0.29) is 30.0 Å². The van der Waals surface area contributed by atoms with Crippen molar-refractivity contribution < 1.29 is 33.1 Å². The van der Waals surface area contributed by atoms with Crippen LogP contribution >= 0.6 is 0 Å². The van der Waals surface area contributed by atoms with Crippen LogP contribution < -0.4 is 5.32 Å². The number of likely N-dealkylation sites (tertiary alicyclic amines) is 1. The molecule has 0 bridgehead atoms. The molecule has 1 aliphatic heterocycles. The quantitative estimate of drug-likeness (QED) is 0.278. The van der Waals surface area contributed by atoms with Crippen LogP contribution in [-0.4, -0.2) is 68.8 Å². The van der Waals surface area contributed by atoms with E-state index >= 15 is 0 Å². The van der Waals surface area contributed by atoms with Crippen LogP contribution in [0.4, 0.5) is 4.39 Å². The van der Waals surface area contributed by atoms with E-state index in [1.807, 2.05) is 6.07 Å². The lowest BCUT2D eigenvalue weighted by Crippen LogP contribution is -2.45. The van der Waals surface area contributed by atoms with Crippen molar-refractivity contribution in [1.29, 1.82) is 0 Å². The van der Waals surface area contributed by atoms with Gasteiger partial charge >= 0.3 is 5.97 Å². The van der Waals surface area contributed by atoms with E-state index in [0.29, 0.717) is 22.0 Å². The smallest absolute Gasteiger partial charge is 0.335 e. The Morgan fingerprint density at radius 1 is 0.976 bits per heavy atom. The summed E-state index contributed by atoms with van der Waals surface area (Å²) in [6.45, 7) is -0.739. The number of alkyl halides is 1. The number of carbonyl (C=O) groups excluding carboxylic acids is 3. The van der Waals surface area contributed by atoms with Crippen LogP contribution in [0.3, 0.4) is 0 Å². The molecular weight excluding hydrogens is 543 g/mol. The van der Waals surface area contributed by atoms with Crippen LogP contribution in [0, 0.1) is 0 Å². The molecule has 1 saturated heterocycles. The van der Waals surface area contributed by atoms with E-state index in [2.05, 4.69) is 15.3 Å². The number of carboxylic acid groups (broad SMARTS) is 1. The Morgan fingerprint density at radius 3 is 2.50 bits per heavy atom. The summed E-state index contributed by atoms with van der Waals surface area (Å²) in [4.78, 5) is 60.2. The monoisotopic (exact) mass is 566 g/mol. The van der Waals surface area contributed by atoms with Crippen molar-refractivity contribution in [1.82, 2.24) is 20.2 Å². The van der Waals surface area contributed by atoms with Crippen LogP contribution in [0.25, 0.3) is 33.1 Å². The van der Waals surface area contributed by atoms with Crippen LogP contribution in [0.15, 0.2) is 83.4 Å². The van der Waals surface area contributed by atoms with Gasteiger partial charge in [-0.1, -0.05) is 30.3 Å². The summed E-state index contributed by atoms with van der Waals surface area (Å²) < 4.78 is 20.0. The van der Waals surface area contributed by atoms with E-state index < -0.39 is 42.3 Å². The Labute approximate surface area is 237 Å². The maximum atomic E-state index is 14.4. The maximum Gasteiger partial charge on any atom is 0.335 e. The van der Waals surface area contributed by atoms with Gasteiger partial charge in [0.25, 0.3) is 11.8 Å². The topological polar surface area (TPSA) is 143 Å². The number of amides is 2. The van der Waals surface area contributed by atoms with Crippen molar-refractivity contribution in [2.45, 2.75) is 18.6 Å². The summed E-state index contributed by atoms with van der Waals surface area (Å²) in [6, 6.07) is 18.9. The summed E-state index contributed by atoms with van der Waals surface area (Å²) in [7, 11) is 0. The Bertz CT molecular complexity index is 1840. The number of rotatable bonds is 7. The molecule has 0 radical (unpaired) electrons. The minimum atomic E-state index is -1.41. The number of pyridine rings is 1. The third kappa shape index (κ3) is 5.07. The van der Waals surface area contributed by atoms with Gasteiger partial charge in [0.1, 0.15) is 17.7 Å². The number of aromatic carboxylic acids is 1. The molecule has 2 N–H and O–H groups in total. The molecule has 0 saturated carbocycles. The fourth-order valence-corrected chi connectivity index (χ4v) is 5.11. The number of carboxylic acids is 1. The van der Waals surface area contributed by atoms with Gasteiger partial charge < -0.3 is 19.7 Å². The number of ketones is 1. The van der Waals surface area contributed by atoms with Gasteiger partial charge in [0.2, 0.25) is 11.7 Å². The van der Waals surface area contributed by atoms with Crippen LogP contribution in [0.1, 0.15) is 37.8 Å². The minimum Gasteiger partial charge on any atom is -0.478 e. The molecule has 2 atom stereocenters. The first-order chi connectivity index (χ1) is 20.3. The largest absolute Gasteiger partial charge is 0.478 e. The van der Waals surface area contributed by atoms with Crippen LogP contribution in [-0.2, 0) is 4.79 Å². The number of para-hydroxylation sites is 2. The molecule has 3 heterocycles. The Kier molecular flexibility index (Phi) is 6.91. The van der Waals surface area contributed by atoms with Crippen molar-refractivity contribution in [3.05, 3.63) is 96.0 Å². The highest BCUT2D eigenvalue weighted by atomic mass is 19.1. The second-order valence-corrected chi connectivity index (χ2v) is 9.90. The van der Waals surface area contributed by atoms with Gasteiger partial charge in [0, 0.05) is 18.0 Å².